The van der Waals surface area contributed by atoms with Crippen LogP contribution in [0.15, 0.2) is 53.5 Å². The summed E-state index contributed by atoms with van der Waals surface area (Å²) < 4.78 is 11.3. The number of ether oxygens (including phenoxy) is 2. The highest BCUT2D eigenvalue weighted by atomic mass is 16.5. The van der Waals surface area contributed by atoms with Crippen molar-refractivity contribution in [2.45, 2.75) is 19.4 Å². The van der Waals surface area contributed by atoms with E-state index >= 15 is 0 Å². The van der Waals surface area contributed by atoms with Crippen molar-refractivity contribution < 1.29 is 9.47 Å². The Morgan fingerprint density at radius 3 is 2.89 bits per heavy atom. The molecule has 2 aromatic carbocycles. The summed E-state index contributed by atoms with van der Waals surface area (Å²) in [5.74, 6) is 1.82. The first-order valence-corrected chi connectivity index (χ1v) is 9.47. The number of aryl methyl sites for hydroxylation is 1. The van der Waals surface area contributed by atoms with Crippen LogP contribution in [0.25, 0.3) is 0 Å². The second-order valence-corrected chi connectivity index (χ2v) is 6.74. The maximum atomic E-state index is 6.03. The van der Waals surface area contributed by atoms with Gasteiger partial charge < -0.3 is 19.7 Å². The van der Waals surface area contributed by atoms with E-state index in [9.17, 15) is 0 Å². The Kier molecular flexibility index (Phi) is 6.71. The van der Waals surface area contributed by atoms with Gasteiger partial charge >= 0.3 is 0 Å². The van der Waals surface area contributed by atoms with Gasteiger partial charge in [-0.3, -0.25) is 4.99 Å². The molecule has 1 aliphatic rings. The summed E-state index contributed by atoms with van der Waals surface area (Å²) in [6, 6.07) is 16.6. The Morgan fingerprint density at radius 1 is 1.26 bits per heavy atom. The predicted octanol–water partition coefficient (Wildman–Crippen LogP) is 3.20. The Hall–Kier alpha value is -2.53. The molecule has 0 bridgehead atoms. The van der Waals surface area contributed by atoms with Gasteiger partial charge in [-0.25, -0.2) is 0 Å². The largest absolute Gasteiger partial charge is 0.497 e. The number of aliphatic imine (C=N–C) groups is 1. The average Bonchev–Trinajstić information content (AvgIpc) is 2.72. The highest BCUT2D eigenvalue weighted by Crippen LogP contribution is 2.25. The van der Waals surface area contributed by atoms with Crippen LogP contribution in [0.3, 0.4) is 0 Å². The summed E-state index contributed by atoms with van der Waals surface area (Å²) in [5.41, 5.74) is 3.77. The van der Waals surface area contributed by atoms with E-state index in [1.165, 1.54) is 16.7 Å². The lowest BCUT2D eigenvalue weighted by Gasteiger charge is -2.35. The fraction of sp³-hybridized carbons (Fsp3) is 0.409. The van der Waals surface area contributed by atoms with Gasteiger partial charge in [-0.15, -0.1) is 0 Å². The minimum absolute atomic E-state index is 0.0804. The van der Waals surface area contributed by atoms with Crippen LogP contribution in [0, 0.1) is 6.92 Å². The molecule has 27 heavy (non-hydrogen) atoms. The maximum absolute atomic E-state index is 6.03. The molecule has 3 rings (SSSR count). The molecule has 1 atom stereocenters. The zero-order valence-electron chi connectivity index (χ0n) is 16.4. The van der Waals surface area contributed by atoms with Crippen LogP contribution in [0.1, 0.15) is 22.8 Å². The molecule has 0 radical (unpaired) electrons. The smallest absolute Gasteiger partial charge is 0.193 e. The summed E-state index contributed by atoms with van der Waals surface area (Å²) >= 11 is 0. The highest BCUT2D eigenvalue weighted by molar-refractivity contribution is 5.80. The summed E-state index contributed by atoms with van der Waals surface area (Å²) in [5, 5.41) is 3.49. The minimum Gasteiger partial charge on any atom is -0.497 e. The number of morpholine rings is 1. The standard InChI is InChI=1S/C22H29N3O2/c1-17-7-4-5-10-20(17)21-16-25(13-14-27-21)22(23-2)24-12-11-18-8-6-9-19(15-18)26-3/h4-10,15,21H,11-14,16H2,1-3H3,(H,23,24). The lowest BCUT2D eigenvalue weighted by molar-refractivity contribution is -0.00829. The number of rotatable bonds is 5. The number of methoxy groups -OCH3 is 1. The van der Waals surface area contributed by atoms with Gasteiger partial charge in [0.2, 0.25) is 0 Å². The second-order valence-electron chi connectivity index (χ2n) is 6.74. The van der Waals surface area contributed by atoms with Crippen LogP contribution in [0.4, 0.5) is 0 Å². The molecule has 0 saturated carbocycles. The van der Waals surface area contributed by atoms with Gasteiger partial charge in [0.1, 0.15) is 11.9 Å². The second kappa shape index (κ2) is 9.42. The van der Waals surface area contributed by atoms with Crippen molar-refractivity contribution in [1.29, 1.82) is 0 Å². The number of nitrogens with zero attached hydrogens (tertiary/aromatic N) is 2. The molecule has 0 spiro atoms. The van der Waals surface area contributed by atoms with E-state index in [0.717, 1.165) is 37.8 Å². The topological polar surface area (TPSA) is 46.1 Å². The summed E-state index contributed by atoms with van der Waals surface area (Å²) in [6.45, 7) is 5.32. The molecular weight excluding hydrogens is 338 g/mol. The van der Waals surface area contributed by atoms with Crippen molar-refractivity contribution in [2.75, 3.05) is 40.4 Å². The van der Waals surface area contributed by atoms with E-state index < -0.39 is 0 Å². The van der Waals surface area contributed by atoms with Crippen LogP contribution in [-0.4, -0.2) is 51.3 Å². The summed E-state index contributed by atoms with van der Waals surface area (Å²) in [4.78, 5) is 6.76. The van der Waals surface area contributed by atoms with Crippen molar-refractivity contribution in [2.24, 2.45) is 4.99 Å². The fourth-order valence-electron chi connectivity index (χ4n) is 3.46. The van der Waals surface area contributed by atoms with Crippen molar-refractivity contribution in [1.82, 2.24) is 10.2 Å². The maximum Gasteiger partial charge on any atom is 0.193 e. The minimum atomic E-state index is 0.0804. The molecule has 1 saturated heterocycles. The number of guanidine groups is 1. The number of nitrogens with one attached hydrogen (secondary N) is 1. The molecule has 0 amide bonds. The van der Waals surface area contributed by atoms with Gasteiger partial charge in [-0.05, 0) is 42.2 Å². The monoisotopic (exact) mass is 367 g/mol. The van der Waals surface area contributed by atoms with Crippen LogP contribution in [-0.2, 0) is 11.2 Å². The fourth-order valence-corrected chi connectivity index (χ4v) is 3.46. The number of benzene rings is 2. The van der Waals surface area contributed by atoms with Crippen molar-refractivity contribution >= 4 is 5.96 Å². The normalized spacial score (nSPS) is 17.7. The van der Waals surface area contributed by atoms with E-state index in [4.69, 9.17) is 9.47 Å². The van der Waals surface area contributed by atoms with Crippen LogP contribution in [0.5, 0.6) is 5.75 Å². The lowest BCUT2D eigenvalue weighted by atomic mass is 10.0. The Balaban J connectivity index is 1.57. The molecule has 0 aliphatic carbocycles. The summed E-state index contributed by atoms with van der Waals surface area (Å²) in [6.07, 6.45) is 0.999. The zero-order valence-corrected chi connectivity index (χ0v) is 16.4. The van der Waals surface area contributed by atoms with Crippen molar-refractivity contribution in [3.8, 4) is 5.75 Å². The number of hydrogen-bond acceptors (Lipinski definition) is 3. The molecule has 0 aromatic heterocycles. The van der Waals surface area contributed by atoms with Gasteiger partial charge in [0.05, 0.1) is 20.3 Å². The molecule has 144 valence electrons. The quantitative estimate of drug-likeness (QED) is 0.651. The molecule has 1 N–H and O–H groups in total. The molecule has 1 unspecified atom stereocenters. The zero-order chi connectivity index (χ0) is 19.1. The predicted molar refractivity (Wildman–Crippen MR) is 110 cm³/mol. The molecule has 5 nitrogen and oxygen atoms in total. The third-order valence-electron chi connectivity index (χ3n) is 4.94. The van der Waals surface area contributed by atoms with Gasteiger partial charge in [0.15, 0.2) is 5.96 Å². The summed E-state index contributed by atoms with van der Waals surface area (Å²) in [7, 11) is 3.54. The molecule has 1 aliphatic heterocycles. The van der Waals surface area contributed by atoms with Crippen LogP contribution < -0.4 is 10.1 Å². The van der Waals surface area contributed by atoms with Gasteiger partial charge in [0.25, 0.3) is 0 Å². The first kappa shape index (κ1) is 19.2. The van der Waals surface area contributed by atoms with Gasteiger partial charge in [-0.2, -0.15) is 0 Å². The Bertz CT molecular complexity index is 776. The highest BCUT2D eigenvalue weighted by Gasteiger charge is 2.24. The lowest BCUT2D eigenvalue weighted by Crippen LogP contribution is -2.48. The molecule has 2 aromatic rings. The SMILES string of the molecule is CN=C(NCCc1cccc(OC)c1)N1CCOC(c2ccccc2C)C1. The molecular formula is C22H29N3O2. The van der Waals surface area contributed by atoms with Gasteiger partial charge in [-0.1, -0.05) is 36.4 Å². The third kappa shape index (κ3) is 5.01. The number of hydrogen-bond donors (Lipinski definition) is 1. The van der Waals surface area contributed by atoms with Crippen molar-refractivity contribution in [3.05, 3.63) is 65.2 Å². The van der Waals surface area contributed by atoms with E-state index in [0.29, 0.717) is 6.61 Å². The van der Waals surface area contributed by atoms with E-state index in [2.05, 4.69) is 58.5 Å². The Morgan fingerprint density at radius 2 is 2.11 bits per heavy atom. The molecule has 1 fully saturated rings. The first-order valence-electron chi connectivity index (χ1n) is 9.47. The third-order valence-corrected chi connectivity index (χ3v) is 4.94. The van der Waals surface area contributed by atoms with E-state index in [1.54, 1.807) is 7.11 Å². The molecule has 1 heterocycles. The van der Waals surface area contributed by atoms with E-state index in [1.807, 2.05) is 19.2 Å². The average molecular weight is 367 g/mol. The molecule has 5 heteroatoms. The van der Waals surface area contributed by atoms with Crippen molar-refractivity contribution in [3.63, 3.8) is 0 Å². The van der Waals surface area contributed by atoms with Crippen LogP contribution in [0.2, 0.25) is 0 Å². The van der Waals surface area contributed by atoms with E-state index in [-0.39, 0.29) is 6.10 Å². The van der Waals surface area contributed by atoms with Gasteiger partial charge in [0, 0.05) is 20.1 Å². The first-order chi connectivity index (χ1) is 13.2. The van der Waals surface area contributed by atoms with Crippen LogP contribution >= 0.6 is 0 Å². The Labute approximate surface area is 162 Å².